The smallest absolute Gasteiger partial charge is 0.229 e. The molecule has 2 aromatic rings. The first-order valence-electron chi connectivity index (χ1n) is 8.68. The fourth-order valence-corrected chi connectivity index (χ4v) is 2.64. The maximum absolute atomic E-state index is 12.1. The molecule has 0 saturated heterocycles. The Kier molecular flexibility index (Phi) is 6.79. The van der Waals surface area contributed by atoms with E-state index in [1.54, 1.807) is 0 Å². The van der Waals surface area contributed by atoms with Crippen LogP contribution in [-0.4, -0.2) is 24.0 Å². The largest absolute Gasteiger partial charge is 0.370 e. The molecule has 0 aliphatic carbocycles. The first kappa shape index (κ1) is 18.0. The predicted molar refractivity (Wildman–Crippen MR) is 101 cm³/mol. The van der Waals surface area contributed by atoms with Crippen LogP contribution in [0.25, 0.3) is 0 Å². The van der Waals surface area contributed by atoms with Gasteiger partial charge in [-0.05, 0) is 37.5 Å². The number of carbonyl (C=O) groups is 1. The fraction of sp³-hybridized carbons (Fsp3) is 0.400. The third-order valence-electron chi connectivity index (χ3n) is 3.85. The number of hydrogen-bond donors (Lipinski definition) is 1. The monoisotopic (exact) mass is 325 g/mol. The topological polar surface area (TPSA) is 45.2 Å². The van der Waals surface area contributed by atoms with Crippen LogP contribution >= 0.6 is 0 Å². The summed E-state index contributed by atoms with van der Waals surface area (Å²) in [7, 11) is 0. The summed E-state index contributed by atoms with van der Waals surface area (Å²) < 4.78 is 0. The molecule has 0 atom stereocenters. The number of rotatable bonds is 8. The second kappa shape index (κ2) is 9.06. The molecule has 1 aromatic heterocycles. The van der Waals surface area contributed by atoms with E-state index < -0.39 is 0 Å². The fourth-order valence-electron chi connectivity index (χ4n) is 2.64. The van der Waals surface area contributed by atoms with E-state index in [1.165, 1.54) is 5.56 Å². The van der Waals surface area contributed by atoms with Crippen molar-refractivity contribution in [2.75, 3.05) is 23.3 Å². The Hall–Kier alpha value is -2.36. The molecule has 0 saturated carbocycles. The number of anilines is 2. The maximum Gasteiger partial charge on any atom is 0.229 e. The zero-order valence-corrected chi connectivity index (χ0v) is 14.9. The summed E-state index contributed by atoms with van der Waals surface area (Å²) in [4.78, 5) is 18.8. The first-order valence-corrected chi connectivity index (χ1v) is 8.68. The molecule has 24 heavy (non-hydrogen) atoms. The number of nitrogens with one attached hydrogen (secondary N) is 1. The molecule has 0 spiro atoms. The maximum atomic E-state index is 12.1. The highest BCUT2D eigenvalue weighted by Gasteiger charge is 2.07. The van der Waals surface area contributed by atoms with Crippen molar-refractivity contribution < 1.29 is 4.79 Å². The van der Waals surface area contributed by atoms with Crippen LogP contribution in [0.5, 0.6) is 0 Å². The number of aryl methyl sites for hydroxylation is 1. The molecule has 0 aliphatic rings. The zero-order valence-electron chi connectivity index (χ0n) is 14.9. The van der Waals surface area contributed by atoms with Crippen molar-refractivity contribution >= 4 is 17.4 Å². The van der Waals surface area contributed by atoms with Crippen LogP contribution in [-0.2, 0) is 11.2 Å². The molecule has 1 amide bonds. The van der Waals surface area contributed by atoms with Gasteiger partial charge in [0.2, 0.25) is 5.91 Å². The average molecular weight is 325 g/mol. The van der Waals surface area contributed by atoms with Crippen molar-refractivity contribution in [3.63, 3.8) is 0 Å². The first-order chi connectivity index (χ1) is 11.6. The third kappa shape index (κ3) is 5.37. The van der Waals surface area contributed by atoms with Gasteiger partial charge in [-0.3, -0.25) is 4.79 Å². The SMILES string of the molecule is CCCN(CCC)c1ccc(NC(=O)Cc2ccc(C)cc2)nc1. The molecule has 1 aromatic carbocycles. The average Bonchev–Trinajstić information content (AvgIpc) is 2.57. The highest BCUT2D eigenvalue weighted by atomic mass is 16.1. The summed E-state index contributed by atoms with van der Waals surface area (Å²) >= 11 is 0. The van der Waals surface area contributed by atoms with Gasteiger partial charge in [-0.2, -0.15) is 0 Å². The number of hydrogen-bond acceptors (Lipinski definition) is 3. The molecule has 0 fully saturated rings. The predicted octanol–water partition coefficient (Wildman–Crippen LogP) is 4.20. The van der Waals surface area contributed by atoms with E-state index in [2.05, 4.69) is 29.0 Å². The summed E-state index contributed by atoms with van der Waals surface area (Å²) in [6, 6.07) is 11.9. The van der Waals surface area contributed by atoms with E-state index in [4.69, 9.17) is 0 Å². The summed E-state index contributed by atoms with van der Waals surface area (Å²) in [5.74, 6) is 0.557. The van der Waals surface area contributed by atoms with Gasteiger partial charge in [0.25, 0.3) is 0 Å². The van der Waals surface area contributed by atoms with Gasteiger partial charge in [-0.15, -0.1) is 0 Å². The van der Waals surface area contributed by atoms with E-state index in [9.17, 15) is 4.79 Å². The van der Waals surface area contributed by atoms with Crippen molar-refractivity contribution in [1.29, 1.82) is 0 Å². The second-order valence-electron chi connectivity index (χ2n) is 6.10. The van der Waals surface area contributed by atoms with Crippen LogP contribution in [0.15, 0.2) is 42.6 Å². The minimum atomic E-state index is -0.0434. The molecule has 128 valence electrons. The van der Waals surface area contributed by atoms with Gasteiger partial charge in [-0.1, -0.05) is 43.7 Å². The molecular weight excluding hydrogens is 298 g/mol. The number of benzene rings is 1. The minimum absolute atomic E-state index is 0.0434. The van der Waals surface area contributed by atoms with Gasteiger partial charge in [0, 0.05) is 13.1 Å². The molecule has 0 aliphatic heterocycles. The molecule has 1 heterocycles. The van der Waals surface area contributed by atoms with Gasteiger partial charge < -0.3 is 10.2 Å². The molecule has 1 N–H and O–H groups in total. The molecule has 4 nitrogen and oxygen atoms in total. The lowest BCUT2D eigenvalue weighted by molar-refractivity contribution is -0.115. The van der Waals surface area contributed by atoms with Crippen molar-refractivity contribution in [2.24, 2.45) is 0 Å². The highest BCUT2D eigenvalue weighted by Crippen LogP contribution is 2.16. The van der Waals surface area contributed by atoms with Crippen molar-refractivity contribution in [3.05, 3.63) is 53.7 Å². The lowest BCUT2D eigenvalue weighted by Crippen LogP contribution is -2.25. The van der Waals surface area contributed by atoms with Crippen molar-refractivity contribution in [1.82, 2.24) is 4.98 Å². The van der Waals surface area contributed by atoms with Gasteiger partial charge in [0.1, 0.15) is 5.82 Å². The van der Waals surface area contributed by atoms with Gasteiger partial charge in [-0.25, -0.2) is 4.98 Å². The molecule has 0 unspecified atom stereocenters. The third-order valence-corrected chi connectivity index (χ3v) is 3.85. The van der Waals surface area contributed by atoms with Crippen LogP contribution in [0.2, 0.25) is 0 Å². The standard InChI is InChI=1S/C20H27N3O/c1-4-12-23(13-5-2)18-10-11-19(21-15-18)22-20(24)14-17-8-6-16(3)7-9-17/h6-11,15H,4-5,12-14H2,1-3H3,(H,21,22,24). The molecular formula is C20H27N3O. The Morgan fingerprint density at radius 3 is 2.25 bits per heavy atom. The summed E-state index contributed by atoms with van der Waals surface area (Å²) in [6.07, 6.45) is 4.42. The molecule has 0 bridgehead atoms. The highest BCUT2D eigenvalue weighted by molar-refractivity contribution is 5.91. The van der Waals surface area contributed by atoms with Crippen LogP contribution in [0, 0.1) is 6.92 Å². The summed E-state index contributed by atoms with van der Waals surface area (Å²) in [5, 5.41) is 2.87. The number of carbonyl (C=O) groups excluding carboxylic acids is 1. The van der Waals surface area contributed by atoms with E-state index >= 15 is 0 Å². The Morgan fingerprint density at radius 1 is 1.04 bits per heavy atom. The number of pyridine rings is 1. The Labute approximate surface area is 144 Å². The lowest BCUT2D eigenvalue weighted by atomic mass is 10.1. The summed E-state index contributed by atoms with van der Waals surface area (Å²) in [6.45, 7) is 8.44. The normalized spacial score (nSPS) is 10.5. The molecule has 0 radical (unpaired) electrons. The summed E-state index contributed by atoms with van der Waals surface area (Å²) in [5.41, 5.74) is 3.31. The van der Waals surface area contributed by atoms with Gasteiger partial charge >= 0.3 is 0 Å². The van der Waals surface area contributed by atoms with Crippen LogP contribution in [0.4, 0.5) is 11.5 Å². The van der Waals surface area contributed by atoms with E-state index in [0.717, 1.165) is 37.2 Å². The zero-order chi connectivity index (χ0) is 17.4. The van der Waals surface area contributed by atoms with Gasteiger partial charge in [0.15, 0.2) is 0 Å². The Bertz CT molecular complexity index is 629. The minimum Gasteiger partial charge on any atom is -0.370 e. The van der Waals surface area contributed by atoms with E-state index in [0.29, 0.717) is 12.2 Å². The molecule has 4 heteroatoms. The Balaban J connectivity index is 1.95. The van der Waals surface area contributed by atoms with Crippen LogP contribution in [0.1, 0.15) is 37.8 Å². The van der Waals surface area contributed by atoms with Crippen molar-refractivity contribution in [3.8, 4) is 0 Å². The van der Waals surface area contributed by atoms with E-state index in [1.807, 2.05) is 49.5 Å². The number of amides is 1. The second-order valence-corrected chi connectivity index (χ2v) is 6.10. The number of aromatic nitrogens is 1. The lowest BCUT2D eigenvalue weighted by Gasteiger charge is -2.23. The quantitative estimate of drug-likeness (QED) is 0.791. The number of nitrogens with zero attached hydrogens (tertiary/aromatic N) is 2. The molecule has 2 rings (SSSR count). The Morgan fingerprint density at radius 2 is 1.71 bits per heavy atom. The van der Waals surface area contributed by atoms with Crippen molar-refractivity contribution in [2.45, 2.75) is 40.0 Å². The van der Waals surface area contributed by atoms with E-state index in [-0.39, 0.29) is 5.91 Å². The van der Waals surface area contributed by atoms with Crippen LogP contribution in [0.3, 0.4) is 0 Å². The van der Waals surface area contributed by atoms with Gasteiger partial charge in [0.05, 0.1) is 18.3 Å². The van der Waals surface area contributed by atoms with Crippen LogP contribution < -0.4 is 10.2 Å².